The number of hydrogen-bond donors (Lipinski definition) is 3. The number of halogens is 2. The molecular weight excluding hydrogens is 512 g/mol. The molecule has 3 N–H and O–H groups in total. The number of rotatable bonds is 7. The summed E-state index contributed by atoms with van der Waals surface area (Å²) in [6, 6.07) is 4.68. The Morgan fingerprint density at radius 1 is 1.28 bits per heavy atom. The van der Waals surface area contributed by atoms with Crippen LogP contribution in [0.1, 0.15) is 5.56 Å². The molecule has 1 saturated heterocycles. The van der Waals surface area contributed by atoms with E-state index >= 15 is 0 Å². The number of nitrogens with zero attached hydrogens (tertiary/aromatic N) is 2. The molecule has 1 aliphatic heterocycles. The summed E-state index contributed by atoms with van der Waals surface area (Å²) in [6.45, 7) is 2.58. The van der Waals surface area contributed by atoms with Gasteiger partial charge in [-0.3, -0.25) is 4.99 Å². The first-order valence-electron chi connectivity index (χ1n) is 9.25. The zero-order valence-corrected chi connectivity index (χ0v) is 19.4. The highest BCUT2D eigenvalue weighted by Gasteiger charge is 2.23. The smallest absolute Gasteiger partial charge is 0.215 e. The number of aliphatic imine (C=N–C) groups is 1. The van der Waals surface area contributed by atoms with Crippen molar-refractivity contribution in [1.29, 1.82) is 0 Å². The number of morpholine rings is 1. The average molecular weight is 539 g/mol. The lowest BCUT2D eigenvalue weighted by Crippen LogP contribution is -2.45. The molecule has 0 bridgehead atoms. The number of hydrogen-bond acceptors (Lipinski definition) is 4. The number of aromatic amines is 1. The Morgan fingerprint density at radius 2 is 2.00 bits per heavy atom. The van der Waals surface area contributed by atoms with Gasteiger partial charge in [-0.05, 0) is 30.2 Å². The Hall–Kier alpha value is -1.44. The average Bonchev–Trinajstić information content (AvgIpc) is 3.09. The van der Waals surface area contributed by atoms with Crippen molar-refractivity contribution < 1.29 is 17.5 Å². The number of sulfonamides is 1. The molecule has 162 valence electrons. The Kier molecular flexibility index (Phi) is 9.11. The van der Waals surface area contributed by atoms with Gasteiger partial charge in [0.05, 0.1) is 19.0 Å². The highest BCUT2D eigenvalue weighted by Crippen LogP contribution is 2.19. The molecule has 1 aromatic carbocycles. The van der Waals surface area contributed by atoms with Crippen LogP contribution < -0.4 is 10.6 Å². The minimum Gasteiger partial charge on any atom is -0.379 e. The maximum absolute atomic E-state index is 13.3. The van der Waals surface area contributed by atoms with Crippen LogP contribution in [0.3, 0.4) is 0 Å². The van der Waals surface area contributed by atoms with Crippen molar-refractivity contribution >= 4 is 50.9 Å². The lowest BCUT2D eigenvalue weighted by atomic mass is 10.1. The van der Waals surface area contributed by atoms with Crippen molar-refractivity contribution in [3.8, 4) is 0 Å². The number of nitrogens with one attached hydrogen (secondary N) is 3. The zero-order valence-electron chi connectivity index (χ0n) is 16.3. The number of H-pyrrole nitrogens is 1. The Morgan fingerprint density at radius 3 is 2.72 bits per heavy atom. The van der Waals surface area contributed by atoms with Crippen molar-refractivity contribution in [2.45, 2.75) is 6.42 Å². The lowest BCUT2D eigenvalue weighted by molar-refractivity contribution is 0.0730. The summed E-state index contributed by atoms with van der Waals surface area (Å²) in [5, 5.41) is 7.19. The van der Waals surface area contributed by atoms with Gasteiger partial charge in [0, 0.05) is 50.3 Å². The molecular formula is C18H27FIN5O3S. The molecule has 29 heavy (non-hydrogen) atoms. The van der Waals surface area contributed by atoms with Crippen LogP contribution >= 0.6 is 24.0 Å². The normalized spacial score (nSPS) is 15.9. The fourth-order valence-electron chi connectivity index (χ4n) is 3.15. The standard InChI is InChI=1S/C18H26FN5O3S.HI/c1-20-18(22-6-11-28(25,26)24-7-9-27-10-8-24)21-5-4-14-13-23-17-12-15(19)2-3-16(14)17;/h2-3,12-13,23H,4-11H2,1H3,(H2,20,21,22);1H. The maximum atomic E-state index is 13.3. The van der Waals surface area contributed by atoms with E-state index in [9.17, 15) is 12.8 Å². The Bertz CT molecular complexity index is 929. The van der Waals surface area contributed by atoms with E-state index in [-0.39, 0.29) is 42.1 Å². The van der Waals surface area contributed by atoms with Crippen LogP contribution in [0, 0.1) is 5.82 Å². The molecule has 2 aromatic rings. The topological polar surface area (TPSA) is 98.8 Å². The van der Waals surface area contributed by atoms with Gasteiger partial charge >= 0.3 is 0 Å². The van der Waals surface area contributed by atoms with Crippen molar-refractivity contribution in [3.63, 3.8) is 0 Å². The van der Waals surface area contributed by atoms with Crippen LogP contribution in [-0.2, 0) is 21.2 Å². The molecule has 0 saturated carbocycles. The van der Waals surface area contributed by atoms with Crippen molar-refractivity contribution in [3.05, 3.63) is 35.8 Å². The lowest BCUT2D eigenvalue weighted by Gasteiger charge is -2.26. The van der Waals surface area contributed by atoms with E-state index in [2.05, 4.69) is 20.6 Å². The van der Waals surface area contributed by atoms with Gasteiger partial charge in [0.15, 0.2) is 5.96 Å². The predicted molar refractivity (Wildman–Crippen MR) is 123 cm³/mol. The molecule has 0 amide bonds. The highest BCUT2D eigenvalue weighted by atomic mass is 127. The Balaban J connectivity index is 0.00000300. The summed E-state index contributed by atoms with van der Waals surface area (Å²) >= 11 is 0. The van der Waals surface area contributed by atoms with Gasteiger partial charge in [-0.2, -0.15) is 4.31 Å². The van der Waals surface area contributed by atoms with Crippen molar-refractivity contribution in [2.24, 2.45) is 4.99 Å². The third kappa shape index (κ3) is 6.52. The summed E-state index contributed by atoms with van der Waals surface area (Å²) in [6.07, 6.45) is 2.59. The number of ether oxygens (including phenoxy) is 1. The first-order chi connectivity index (χ1) is 13.5. The van der Waals surface area contributed by atoms with E-state index in [0.717, 1.165) is 22.9 Å². The zero-order chi connectivity index (χ0) is 20.0. The summed E-state index contributed by atoms with van der Waals surface area (Å²) in [5.41, 5.74) is 1.85. The fourth-order valence-corrected chi connectivity index (χ4v) is 4.48. The molecule has 1 fully saturated rings. The van der Waals surface area contributed by atoms with Crippen LogP contribution in [0.25, 0.3) is 10.9 Å². The van der Waals surface area contributed by atoms with E-state index in [1.807, 2.05) is 6.20 Å². The monoisotopic (exact) mass is 539 g/mol. The third-order valence-electron chi connectivity index (χ3n) is 4.66. The largest absolute Gasteiger partial charge is 0.379 e. The highest BCUT2D eigenvalue weighted by molar-refractivity contribution is 14.0. The van der Waals surface area contributed by atoms with E-state index in [1.54, 1.807) is 13.1 Å². The van der Waals surface area contributed by atoms with Crippen LogP contribution in [0.5, 0.6) is 0 Å². The molecule has 0 atom stereocenters. The van der Waals surface area contributed by atoms with Crippen LogP contribution in [0.4, 0.5) is 4.39 Å². The first-order valence-corrected chi connectivity index (χ1v) is 10.9. The second-order valence-corrected chi connectivity index (χ2v) is 8.60. The molecule has 3 rings (SSSR count). The van der Waals surface area contributed by atoms with Crippen LogP contribution in [0.2, 0.25) is 0 Å². The van der Waals surface area contributed by atoms with Gasteiger partial charge in [0.2, 0.25) is 10.0 Å². The predicted octanol–water partition coefficient (Wildman–Crippen LogP) is 1.29. The van der Waals surface area contributed by atoms with Crippen molar-refractivity contribution in [2.75, 3.05) is 52.2 Å². The second-order valence-electron chi connectivity index (χ2n) is 6.51. The Labute approximate surface area is 187 Å². The van der Waals surface area contributed by atoms with Gasteiger partial charge in [0.25, 0.3) is 0 Å². The van der Waals surface area contributed by atoms with Crippen LogP contribution in [-0.4, -0.2) is 75.9 Å². The van der Waals surface area contributed by atoms with Gasteiger partial charge in [0.1, 0.15) is 5.82 Å². The number of benzene rings is 1. The summed E-state index contributed by atoms with van der Waals surface area (Å²) in [5.74, 6) is 0.278. The molecule has 8 nitrogen and oxygen atoms in total. The molecule has 0 spiro atoms. The van der Waals surface area contributed by atoms with E-state index < -0.39 is 10.0 Å². The van der Waals surface area contributed by atoms with E-state index in [4.69, 9.17) is 4.74 Å². The molecule has 0 aliphatic carbocycles. The van der Waals surface area contributed by atoms with Gasteiger partial charge in [-0.15, -0.1) is 24.0 Å². The summed E-state index contributed by atoms with van der Waals surface area (Å²) < 4.78 is 44.5. The van der Waals surface area contributed by atoms with Crippen molar-refractivity contribution in [1.82, 2.24) is 19.9 Å². The number of aromatic nitrogens is 1. The molecule has 0 radical (unpaired) electrons. The van der Waals surface area contributed by atoms with E-state index in [0.29, 0.717) is 38.8 Å². The molecule has 1 aliphatic rings. The SMILES string of the molecule is CN=C(NCCc1c[nH]c2cc(F)ccc12)NCCS(=O)(=O)N1CCOCC1.I. The minimum atomic E-state index is -3.30. The molecule has 0 unspecified atom stereocenters. The maximum Gasteiger partial charge on any atom is 0.215 e. The van der Waals surface area contributed by atoms with Crippen LogP contribution in [0.15, 0.2) is 29.4 Å². The minimum absolute atomic E-state index is 0. The number of fused-ring (bicyclic) bond motifs is 1. The van der Waals surface area contributed by atoms with Gasteiger partial charge in [-0.25, -0.2) is 12.8 Å². The second kappa shape index (κ2) is 11.1. The summed E-state index contributed by atoms with van der Waals surface area (Å²) in [4.78, 5) is 7.19. The third-order valence-corrected chi connectivity index (χ3v) is 6.53. The van der Waals surface area contributed by atoms with E-state index in [1.165, 1.54) is 16.4 Å². The molecule has 11 heteroatoms. The quantitative estimate of drug-likeness (QED) is 0.280. The van der Waals surface area contributed by atoms with Gasteiger partial charge < -0.3 is 20.4 Å². The fraction of sp³-hybridized carbons (Fsp3) is 0.500. The summed E-state index contributed by atoms with van der Waals surface area (Å²) in [7, 11) is -1.66. The first kappa shape index (κ1) is 23.8. The number of guanidine groups is 1. The van der Waals surface area contributed by atoms with Gasteiger partial charge in [-0.1, -0.05) is 0 Å². The molecule has 2 heterocycles. The molecule has 1 aromatic heterocycles.